The van der Waals surface area contributed by atoms with Gasteiger partial charge in [0.05, 0.1) is 16.8 Å². The van der Waals surface area contributed by atoms with Crippen LogP contribution in [0, 0.1) is 13.8 Å². The molecular formula is C22H19F3N4O4. The van der Waals surface area contributed by atoms with Gasteiger partial charge in [-0.2, -0.15) is 23.3 Å². The second kappa shape index (κ2) is 8.77. The molecule has 172 valence electrons. The van der Waals surface area contributed by atoms with Gasteiger partial charge < -0.3 is 10.5 Å². The highest BCUT2D eigenvalue weighted by Gasteiger charge is 2.48. The number of benzene rings is 2. The number of rotatable bonds is 5. The predicted molar refractivity (Wildman–Crippen MR) is 114 cm³/mol. The van der Waals surface area contributed by atoms with Crippen LogP contribution in [-0.4, -0.2) is 34.8 Å². The number of hydrazone groups is 1. The highest BCUT2D eigenvalue weighted by atomic mass is 19.4. The quantitative estimate of drug-likeness (QED) is 0.467. The number of alkyl halides is 3. The van der Waals surface area contributed by atoms with Crippen molar-refractivity contribution in [2.24, 2.45) is 5.10 Å². The van der Waals surface area contributed by atoms with Crippen LogP contribution in [0.2, 0.25) is 0 Å². The zero-order chi connectivity index (χ0) is 24.5. The molecule has 3 N–H and O–H groups in total. The third-order valence-corrected chi connectivity index (χ3v) is 4.98. The average Bonchev–Trinajstić information content (AvgIpc) is 3.11. The zero-order valence-electron chi connectivity index (χ0n) is 17.7. The van der Waals surface area contributed by atoms with Gasteiger partial charge in [0.2, 0.25) is 0 Å². The van der Waals surface area contributed by atoms with Crippen LogP contribution in [0.15, 0.2) is 58.8 Å². The van der Waals surface area contributed by atoms with Crippen molar-refractivity contribution in [1.29, 1.82) is 0 Å². The summed E-state index contributed by atoms with van der Waals surface area (Å²) in [6.07, 6.45) is -4.92. The standard InChI is InChI=1S/C22H19F3N4O4/c1-11-4-9-16(10-12(11)2)29-20(31)17(18(28-29)22(23,24)25)13(3)26-27-19(30)14-5-7-15(8-6-14)21(32)33/h4-10,26H,1-3H3,(H,27,30)(H,32,33)/b17-13-. The summed E-state index contributed by atoms with van der Waals surface area (Å²) >= 11 is 0. The number of carbonyl (C=O) groups excluding carboxylic acids is 2. The maximum Gasteiger partial charge on any atom is 0.436 e. The first-order valence-electron chi connectivity index (χ1n) is 9.58. The van der Waals surface area contributed by atoms with E-state index in [4.69, 9.17) is 5.11 Å². The van der Waals surface area contributed by atoms with Crippen molar-refractivity contribution in [1.82, 2.24) is 10.9 Å². The molecule has 0 aliphatic carbocycles. The maximum absolute atomic E-state index is 13.6. The lowest BCUT2D eigenvalue weighted by Gasteiger charge is -2.15. The topological polar surface area (TPSA) is 111 Å². The Morgan fingerprint density at radius 1 is 0.970 bits per heavy atom. The largest absolute Gasteiger partial charge is 0.478 e. The van der Waals surface area contributed by atoms with Crippen molar-refractivity contribution in [2.75, 3.05) is 5.01 Å². The molecule has 0 spiro atoms. The first kappa shape index (κ1) is 23.5. The fourth-order valence-corrected chi connectivity index (χ4v) is 3.02. The maximum atomic E-state index is 13.6. The number of amides is 2. The number of allylic oxidation sites excluding steroid dienone is 1. The van der Waals surface area contributed by atoms with Crippen LogP contribution in [0.5, 0.6) is 0 Å². The van der Waals surface area contributed by atoms with Crippen molar-refractivity contribution in [3.63, 3.8) is 0 Å². The first-order valence-corrected chi connectivity index (χ1v) is 9.58. The lowest BCUT2D eigenvalue weighted by Crippen LogP contribution is -2.39. The summed E-state index contributed by atoms with van der Waals surface area (Å²) in [4.78, 5) is 36.0. The van der Waals surface area contributed by atoms with E-state index in [1.165, 1.54) is 37.3 Å². The summed E-state index contributed by atoms with van der Waals surface area (Å²) in [6, 6.07) is 9.62. The van der Waals surface area contributed by atoms with Gasteiger partial charge in [0.1, 0.15) is 0 Å². The van der Waals surface area contributed by atoms with E-state index >= 15 is 0 Å². The third-order valence-electron chi connectivity index (χ3n) is 4.98. The Balaban J connectivity index is 1.86. The second-order valence-corrected chi connectivity index (χ2v) is 7.29. The molecule has 2 aromatic rings. The zero-order valence-corrected chi connectivity index (χ0v) is 17.7. The molecule has 0 atom stereocenters. The van der Waals surface area contributed by atoms with E-state index in [9.17, 15) is 27.6 Å². The SMILES string of the molecule is C/C(NNC(=O)c1ccc(C(=O)O)cc1)=C1/C(=O)N(c2ccc(C)c(C)c2)N=C1C(F)(F)F. The normalized spacial score (nSPS) is 15.3. The number of nitrogens with one attached hydrogen (secondary N) is 2. The van der Waals surface area contributed by atoms with Crippen molar-refractivity contribution in [3.05, 3.63) is 76.0 Å². The summed E-state index contributed by atoms with van der Waals surface area (Å²) < 4.78 is 40.9. The second-order valence-electron chi connectivity index (χ2n) is 7.29. The number of halogens is 3. The Bertz CT molecular complexity index is 1200. The van der Waals surface area contributed by atoms with E-state index in [1.807, 2.05) is 6.92 Å². The minimum absolute atomic E-state index is 0.0353. The Hall–Kier alpha value is -4.15. The van der Waals surface area contributed by atoms with Crippen molar-refractivity contribution in [2.45, 2.75) is 26.9 Å². The van der Waals surface area contributed by atoms with Gasteiger partial charge in [-0.1, -0.05) is 6.07 Å². The molecule has 2 amide bonds. The number of anilines is 1. The van der Waals surface area contributed by atoms with Crippen LogP contribution in [0.1, 0.15) is 38.8 Å². The van der Waals surface area contributed by atoms with Crippen LogP contribution < -0.4 is 15.9 Å². The Labute approximate surface area is 186 Å². The van der Waals surface area contributed by atoms with Gasteiger partial charge in [-0.3, -0.25) is 15.0 Å². The number of carbonyl (C=O) groups is 3. The van der Waals surface area contributed by atoms with E-state index in [1.54, 1.807) is 19.1 Å². The number of hydrogen-bond acceptors (Lipinski definition) is 5. The molecular weight excluding hydrogens is 441 g/mol. The highest BCUT2D eigenvalue weighted by molar-refractivity contribution is 6.32. The molecule has 0 saturated carbocycles. The number of aryl methyl sites for hydroxylation is 2. The van der Waals surface area contributed by atoms with Crippen LogP contribution in [0.25, 0.3) is 0 Å². The van der Waals surface area contributed by atoms with Crippen molar-refractivity contribution in [3.8, 4) is 0 Å². The van der Waals surface area contributed by atoms with Gasteiger partial charge in [0.15, 0.2) is 5.71 Å². The van der Waals surface area contributed by atoms with Crippen molar-refractivity contribution < 1.29 is 32.7 Å². The molecule has 0 aromatic heterocycles. The van der Waals surface area contributed by atoms with Crippen molar-refractivity contribution >= 4 is 29.2 Å². The molecule has 1 heterocycles. The van der Waals surface area contributed by atoms with E-state index < -0.39 is 35.2 Å². The number of carboxylic acids is 1. The summed E-state index contributed by atoms with van der Waals surface area (Å²) in [5, 5.41) is 13.1. The fourth-order valence-electron chi connectivity index (χ4n) is 3.02. The van der Waals surface area contributed by atoms with Crippen LogP contribution >= 0.6 is 0 Å². The molecule has 1 aliphatic rings. The monoisotopic (exact) mass is 460 g/mol. The van der Waals surface area contributed by atoms with Gasteiger partial charge >= 0.3 is 12.1 Å². The average molecular weight is 460 g/mol. The summed E-state index contributed by atoms with van der Waals surface area (Å²) in [7, 11) is 0. The van der Waals surface area contributed by atoms with Gasteiger partial charge in [-0.25, -0.2) is 4.79 Å². The van der Waals surface area contributed by atoms with E-state index in [2.05, 4.69) is 16.0 Å². The van der Waals surface area contributed by atoms with Gasteiger partial charge in [0.25, 0.3) is 11.8 Å². The Kier molecular flexibility index (Phi) is 6.25. The lowest BCUT2D eigenvalue weighted by atomic mass is 10.1. The minimum Gasteiger partial charge on any atom is -0.478 e. The molecule has 3 rings (SSSR count). The summed E-state index contributed by atoms with van der Waals surface area (Å²) in [5.41, 5.74) is 4.01. The number of aromatic carboxylic acids is 1. The lowest BCUT2D eigenvalue weighted by molar-refractivity contribution is -0.114. The summed E-state index contributed by atoms with van der Waals surface area (Å²) in [6.45, 7) is 4.79. The van der Waals surface area contributed by atoms with Gasteiger partial charge in [0, 0.05) is 11.3 Å². The Morgan fingerprint density at radius 2 is 1.58 bits per heavy atom. The summed E-state index contributed by atoms with van der Waals surface area (Å²) in [5.74, 6) is -2.92. The molecule has 33 heavy (non-hydrogen) atoms. The molecule has 0 saturated heterocycles. The fraction of sp³-hybridized carbons (Fsp3) is 0.182. The molecule has 11 heteroatoms. The number of nitrogens with zero attached hydrogens (tertiary/aromatic N) is 2. The molecule has 1 aliphatic heterocycles. The van der Waals surface area contributed by atoms with E-state index in [0.717, 1.165) is 11.1 Å². The first-order chi connectivity index (χ1) is 15.4. The number of hydrazine groups is 1. The van der Waals surface area contributed by atoms with Crippen LogP contribution in [0.4, 0.5) is 18.9 Å². The highest BCUT2D eigenvalue weighted by Crippen LogP contribution is 2.33. The predicted octanol–water partition coefficient (Wildman–Crippen LogP) is 3.48. The van der Waals surface area contributed by atoms with Gasteiger partial charge in [-0.15, -0.1) is 0 Å². The Morgan fingerprint density at radius 3 is 2.12 bits per heavy atom. The van der Waals surface area contributed by atoms with E-state index in [-0.39, 0.29) is 22.5 Å². The third kappa shape index (κ3) is 4.86. The molecule has 0 unspecified atom stereocenters. The smallest absolute Gasteiger partial charge is 0.436 e. The number of hydrogen-bond donors (Lipinski definition) is 3. The van der Waals surface area contributed by atoms with Gasteiger partial charge in [-0.05, 0) is 68.3 Å². The van der Waals surface area contributed by atoms with Crippen LogP contribution in [-0.2, 0) is 4.79 Å². The molecule has 8 nitrogen and oxygen atoms in total. The van der Waals surface area contributed by atoms with Crippen LogP contribution in [0.3, 0.4) is 0 Å². The molecule has 0 fully saturated rings. The molecule has 0 radical (unpaired) electrons. The minimum atomic E-state index is -4.92. The number of carboxylic acid groups (broad SMARTS) is 1. The molecule has 0 bridgehead atoms. The van der Waals surface area contributed by atoms with E-state index in [0.29, 0.717) is 5.01 Å². The molecule has 2 aromatic carbocycles.